The average Bonchev–Trinajstić information content (AvgIpc) is 2.88. The minimum Gasteiger partial charge on any atom is -0.457 e. The second kappa shape index (κ2) is 6.24. The van der Waals surface area contributed by atoms with E-state index in [0.29, 0.717) is 28.2 Å². The Morgan fingerprint density at radius 2 is 1.76 bits per heavy atom. The van der Waals surface area contributed by atoms with Gasteiger partial charge in [-0.05, 0) is 49.4 Å². The second-order valence-electron chi connectivity index (χ2n) is 4.85. The van der Waals surface area contributed by atoms with Crippen molar-refractivity contribution in [1.82, 2.24) is 0 Å². The van der Waals surface area contributed by atoms with Gasteiger partial charge in [0, 0.05) is 10.6 Å². The van der Waals surface area contributed by atoms with Crippen LogP contribution in [0.25, 0.3) is 0 Å². The van der Waals surface area contributed by atoms with Crippen LogP contribution >= 0.6 is 23.2 Å². The van der Waals surface area contributed by atoms with Crippen LogP contribution in [-0.4, -0.2) is 12.7 Å². The molecule has 2 atom stereocenters. The first-order chi connectivity index (χ1) is 10.1. The Bertz CT molecular complexity index is 628. The zero-order valence-corrected chi connectivity index (χ0v) is 12.9. The molecule has 0 radical (unpaired) electrons. The van der Waals surface area contributed by atoms with Crippen molar-refractivity contribution >= 4 is 23.2 Å². The third-order valence-corrected chi connectivity index (χ3v) is 3.69. The van der Waals surface area contributed by atoms with E-state index in [1.165, 1.54) is 0 Å². The third kappa shape index (κ3) is 3.50. The molecule has 0 aliphatic carbocycles. The van der Waals surface area contributed by atoms with Gasteiger partial charge in [0.05, 0.1) is 17.7 Å². The molecular formula is C16H14Cl2O3. The topological polar surface area (TPSA) is 27.7 Å². The minimum atomic E-state index is -0.405. The number of hydrogen-bond donors (Lipinski definition) is 0. The van der Waals surface area contributed by atoms with Gasteiger partial charge in [0.1, 0.15) is 11.5 Å². The van der Waals surface area contributed by atoms with E-state index in [-0.39, 0.29) is 6.10 Å². The van der Waals surface area contributed by atoms with Crippen LogP contribution in [0, 0.1) is 0 Å². The number of hydrogen-bond acceptors (Lipinski definition) is 3. The molecule has 0 saturated carbocycles. The van der Waals surface area contributed by atoms with Crippen LogP contribution < -0.4 is 4.74 Å². The average molecular weight is 325 g/mol. The van der Waals surface area contributed by atoms with Crippen molar-refractivity contribution < 1.29 is 14.2 Å². The van der Waals surface area contributed by atoms with Crippen molar-refractivity contribution in [3.05, 3.63) is 58.1 Å². The minimum absolute atomic E-state index is 0.0797. The van der Waals surface area contributed by atoms with E-state index in [0.717, 1.165) is 5.56 Å². The molecule has 0 amide bonds. The molecule has 0 spiro atoms. The normalized spacial score (nSPS) is 21.5. The molecule has 1 fully saturated rings. The van der Waals surface area contributed by atoms with Crippen LogP contribution in [0.4, 0.5) is 0 Å². The molecule has 1 aliphatic heterocycles. The van der Waals surface area contributed by atoms with Gasteiger partial charge in [0.25, 0.3) is 0 Å². The van der Waals surface area contributed by atoms with Gasteiger partial charge in [-0.25, -0.2) is 0 Å². The summed E-state index contributed by atoms with van der Waals surface area (Å²) in [5.74, 6) is 1.35. The van der Waals surface area contributed by atoms with Crippen LogP contribution in [0.3, 0.4) is 0 Å². The smallest absolute Gasteiger partial charge is 0.185 e. The predicted molar refractivity (Wildman–Crippen MR) is 82.2 cm³/mol. The van der Waals surface area contributed by atoms with Crippen molar-refractivity contribution in [2.24, 2.45) is 0 Å². The van der Waals surface area contributed by atoms with E-state index >= 15 is 0 Å². The lowest BCUT2D eigenvalue weighted by atomic mass is 10.2. The largest absolute Gasteiger partial charge is 0.457 e. The highest BCUT2D eigenvalue weighted by Crippen LogP contribution is 2.35. The zero-order chi connectivity index (χ0) is 14.8. The summed E-state index contributed by atoms with van der Waals surface area (Å²) < 4.78 is 16.9. The molecule has 0 bridgehead atoms. The fraction of sp³-hybridized carbons (Fsp3) is 0.250. The summed E-state index contributed by atoms with van der Waals surface area (Å²) in [6, 6.07) is 12.6. The molecule has 1 aliphatic rings. The van der Waals surface area contributed by atoms with Crippen molar-refractivity contribution in [3.63, 3.8) is 0 Å². The summed E-state index contributed by atoms with van der Waals surface area (Å²) in [4.78, 5) is 0. The van der Waals surface area contributed by atoms with Crippen molar-refractivity contribution in [1.29, 1.82) is 0 Å². The zero-order valence-electron chi connectivity index (χ0n) is 11.4. The van der Waals surface area contributed by atoms with Gasteiger partial charge < -0.3 is 14.2 Å². The molecular weight excluding hydrogens is 311 g/mol. The lowest BCUT2D eigenvalue weighted by Gasteiger charge is -2.13. The molecule has 1 saturated heterocycles. The lowest BCUT2D eigenvalue weighted by molar-refractivity contribution is -0.0571. The monoisotopic (exact) mass is 324 g/mol. The maximum atomic E-state index is 6.29. The second-order valence-corrected chi connectivity index (χ2v) is 5.69. The lowest BCUT2D eigenvalue weighted by Crippen LogP contribution is -2.03. The van der Waals surface area contributed by atoms with Crippen LogP contribution in [0.5, 0.6) is 11.5 Å². The van der Waals surface area contributed by atoms with E-state index in [1.54, 1.807) is 30.3 Å². The molecule has 5 heteroatoms. The molecule has 2 aromatic rings. The summed E-state index contributed by atoms with van der Waals surface area (Å²) in [6.45, 7) is 2.54. The summed E-state index contributed by atoms with van der Waals surface area (Å²) in [6.07, 6.45) is -0.326. The Labute approximate surface area is 133 Å². The first-order valence-electron chi connectivity index (χ1n) is 6.62. The van der Waals surface area contributed by atoms with Gasteiger partial charge in [-0.2, -0.15) is 0 Å². The van der Waals surface area contributed by atoms with Crippen molar-refractivity contribution in [2.45, 2.75) is 19.3 Å². The Balaban J connectivity index is 1.76. The molecule has 0 N–H and O–H groups in total. The summed E-state index contributed by atoms with van der Waals surface area (Å²) >= 11 is 12.1. The first-order valence-corrected chi connectivity index (χ1v) is 7.37. The van der Waals surface area contributed by atoms with Gasteiger partial charge >= 0.3 is 0 Å². The molecule has 1 heterocycles. The van der Waals surface area contributed by atoms with Crippen LogP contribution in [0.1, 0.15) is 18.8 Å². The molecule has 3 nitrogen and oxygen atoms in total. The van der Waals surface area contributed by atoms with Gasteiger partial charge in [-0.3, -0.25) is 0 Å². The maximum Gasteiger partial charge on any atom is 0.185 e. The van der Waals surface area contributed by atoms with Crippen molar-refractivity contribution in [3.8, 4) is 11.5 Å². The Hall–Kier alpha value is -1.26. The van der Waals surface area contributed by atoms with E-state index in [4.69, 9.17) is 37.4 Å². The summed E-state index contributed by atoms with van der Waals surface area (Å²) in [7, 11) is 0. The molecule has 3 rings (SSSR count). The third-order valence-electron chi connectivity index (χ3n) is 3.11. The van der Waals surface area contributed by atoms with E-state index in [1.807, 2.05) is 19.1 Å². The highest BCUT2D eigenvalue weighted by Gasteiger charge is 2.26. The number of benzene rings is 2. The molecule has 0 aromatic heterocycles. The summed E-state index contributed by atoms with van der Waals surface area (Å²) in [5.41, 5.74) is 0.810. The van der Waals surface area contributed by atoms with Gasteiger partial charge in [0.15, 0.2) is 6.29 Å². The maximum absolute atomic E-state index is 6.29. The number of ether oxygens (including phenoxy) is 3. The highest BCUT2D eigenvalue weighted by atomic mass is 35.5. The van der Waals surface area contributed by atoms with E-state index in [9.17, 15) is 0 Å². The highest BCUT2D eigenvalue weighted by molar-refractivity contribution is 6.31. The van der Waals surface area contributed by atoms with Crippen LogP contribution in [-0.2, 0) is 9.47 Å². The Kier molecular flexibility index (Phi) is 4.36. The quantitative estimate of drug-likeness (QED) is 0.774. The fourth-order valence-electron chi connectivity index (χ4n) is 2.08. The molecule has 2 unspecified atom stereocenters. The van der Waals surface area contributed by atoms with Gasteiger partial charge in [0.2, 0.25) is 0 Å². The number of rotatable bonds is 3. The van der Waals surface area contributed by atoms with Crippen LogP contribution in [0.2, 0.25) is 10.0 Å². The number of halogens is 2. The molecule has 21 heavy (non-hydrogen) atoms. The molecule has 2 aromatic carbocycles. The standard InChI is InChI=1S/C16H14Cl2O3/c1-10-9-19-16(20-10)14-7-6-13(8-15(14)18)21-12-4-2-11(17)3-5-12/h2-8,10,16H,9H2,1H3. The first kappa shape index (κ1) is 14.7. The molecule has 110 valence electrons. The van der Waals surface area contributed by atoms with Crippen molar-refractivity contribution in [2.75, 3.05) is 6.61 Å². The van der Waals surface area contributed by atoms with Gasteiger partial charge in [-0.15, -0.1) is 0 Å². The predicted octanol–water partition coefficient (Wildman–Crippen LogP) is 5.22. The van der Waals surface area contributed by atoms with Crippen LogP contribution in [0.15, 0.2) is 42.5 Å². The SMILES string of the molecule is CC1COC(c2ccc(Oc3ccc(Cl)cc3)cc2Cl)O1. The Morgan fingerprint density at radius 1 is 1.05 bits per heavy atom. The van der Waals surface area contributed by atoms with E-state index < -0.39 is 6.29 Å². The summed E-state index contributed by atoms with van der Waals surface area (Å²) in [5, 5.41) is 1.22. The van der Waals surface area contributed by atoms with E-state index in [2.05, 4.69) is 0 Å². The fourth-order valence-corrected chi connectivity index (χ4v) is 2.46. The van der Waals surface area contributed by atoms with Gasteiger partial charge in [-0.1, -0.05) is 23.2 Å². The Morgan fingerprint density at radius 3 is 2.38 bits per heavy atom.